The molecule has 7 rings (SSSR count). The summed E-state index contributed by atoms with van der Waals surface area (Å²) in [6, 6.07) is 2.30. The molecule has 3 amide bonds. The number of carboxylic acids is 1. The van der Waals surface area contributed by atoms with Gasteiger partial charge in [-0.1, -0.05) is 28.9 Å². The van der Waals surface area contributed by atoms with Gasteiger partial charge >= 0.3 is 13.8 Å². The molecule has 1 aromatic carbocycles. The van der Waals surface area contributed by atoms with Gasteiger partial charge in [-0.15, -0.1) is 0 Å². The number of hydrogen-bond acceptors (Lipinski definition) is 12. The lowest BCUT2D eigenvalue weighted by Gasteiger charge is -2.63. The zero-order valence-electron chi connectivity index (χ0n) is 35.9. The molecule has 66 heavy (non-hydrogen) atoms. The van der Waals surface area contributed by atoms with Gasteiger partial charge in [0, 0.05) is 40.8 Å². The fourth-order valence-electron chi connectivity index (χ4n) is 11.4. The molecule has 5 fully saturated rings. The smallest absolute Gasteiger partial charge is 0.470 e. The molecule has 5 aliphatic carbocycles. The van der Waals surface area contributed by atoms with Crippen molar-refractivity contribution in [1.82, 2.24) is 16.0 Å². The SMILES string of the molecule is C[C@]12C=CC(=O)C=C1[C@@H](F)C[C@H]1[C@@H]3C[C@H]4O[C@@H](c5ccc(OC6CCC(NC(=O)[C@H](CCC(=O)O)NC(=O)CNC(=O)CBr)CC6)cc5F)O[C@@]4(C(=O)COP(=O)(O)O)[C@@]3(C)C[C@H](O)[C@@]12F. The van der Waals surface area contributed by atoms with Gasteiger partial charge in [-0.05, 0) is 94.1 Å². The zero-order chi connectivity index (χ0) is 48.1. The third-order valence-corrected chi connectivity index (χ3v) is 15.5. The van der Waals surface area contributed by atoms with Crippen LogP contribution in [0.15, 0.2) is 42.0 Å². The molecule has 18 nitrogen and oxygen atoms in total. The van der Waals surface area contributed by atoms with Crippen molar-refractivity contribution < 1.29 is 85.2 Å². The third-order valence-electron chi connectivity index (χ3n) is 14.6. The van der Waals surface area contributed by atoms with Gasteiger partial charge in [0.1, 0.15) is 30.4 Å². The molecular formula is C43H52BrF3N3O15P. The Morgan fingerprint density at radius 1 is 1.06 bits per heavy atom. The Bertz CT molecular complexity index is 2260. The van der Waals surface area contributed by atoms with Crippen LogP contribution in [0.1, 0.15) is 83.5 Å². The fraction of sp³-hybridized carbons (Fsp3) is 0.628. The zero-order valence-corrected chi connectivity index (χ0v) is 38.4. The van der Waals surface area contributed by atoms with Crippen molar-refractivity contribution in [3.05, 3.63) is 53.4 Å². The van der Waals surface area contributed by atoms with Gasteiger partial charge < -0.3 is 50.2 Å². The standard InChI is InChI=1S/C43H52BrF3N3O15P/c1-40-12-11-22(51)13-28(40)30(46)15-27-26-16-34-43(33(53)20-62-66(59,60)61,41(26,2)17-32(52)42(27,40)47)65-39(64-34)25-8-7-24(14-29(25)45)63-23-5-3-21(4-6-23)49-38(58)31(9-10-37(56)57)50-36(55)19-48-35(54)18-44/h7-8,11-14,21,23,26-27,30-32,34,39,52H,3-6,9-10,15-20H2,1-2H3,(H,48,54)(H,49,58)(H,50,55)(H,56,57)(H2,59,60,61)/t21?,23?,26-,27-,30-,31-,32-,34+,39+,40-,41-,42-,43+/m0/s1. The molecule has 6 aliphatic rings. The van der Waals surface area contributed by atoms with Gasteiger partial charge in [0.25, 0.3) is 0 Å². The van der Waals surface area contributed by atoms with Crippen LogP contribution in [-0.2, 0) is 47.3 Å². The average molecular weight is 1020 g/mol. The lowest BCUT2D eigenvalue weighted by molar-refractivity contribution is -0.235. The van der Waals surface area contributed by atoms with Crippen LogP contribution in [0, 0.1) is 28.5 Å². The van der Waals surface area contributed by atoms with Crippen molar-refractivity contribution in [3.8, 4) is 5.75 Å². The number of ketones is 2. The molecule has 11 atom stereocenters. The van der Waals surface area contributed by atoms with E-state index in [1.54, 1.807) is 0 Å². The first-order chi connectivity index (χ1) is 30.9. The van der Waals surface area contributed by atoms with Gasteiger partial charge in [-0.3, -0.25) is 33.3 Å². The second kappa shape index (κ2) is 18.8. The quantitative estimate of drug-likeness (QED) is 0.0925. The second-order valence-electron chi connectivity index (χ2n) is 18.3. The number of nitrogens with one attached hydrogen (secondary N) is 3. The Balaban J connectivity index is 1.03. The number of fused-ring (bicyclic) bond motifs is 7. The molecular weight excluding hydrogens is 966 g/mol. The van der Waals surface area contributed by atoms with Crippen LogP contribution in [0.3, 0.4) is 0 Å². The summed E-state index contributed by atoms with van der Waals surface area (Å²) >= 11 is 2.96. The van der Waals surface area contributed by atoms with Crippen molar-refractivity contribution in [2.24, 2.45) is 22.7 Å². The second-order valence-corrected chi connectivity index (χ2v) is 20.1. The van der Waals surface area contributed by atoms with Gasteiger partial charge in [0.15, 0.2) is 29.1 Å². The van der Waals surface area contributed by atoms with E-state index in [-0.39, 0.29) is 41.1 Å². The molecule has 0 radical (unpaired) electrons. The number of phosphoric ester groups is 1. The predicted molar refractivity (Wildman–Crippen MR) is 225 cm³/mol. The maximum atomic E-state index is 17.8. The van der Waals surface area contributed by atoms with E-state index in [0.717, 1.165) is 18.2 Å². The number of alkyl halides is 3. The number of aliphatic hydroxyl groups excluding tert-OH is 1. The highest BCUT2D eigenvalue weighted by molar-refractivity contribution is 9.09. The number of Topliss-reactive ketones (excluding diaryl/α,β-unsaturated/α-hetero) is 1. The van der Waals surface area contributed by atoms with Crippen molar-refractivity contribution in [2.45, 2.75) is 126 Å². The minimum absolute atomic E-state index is 0.0390. The molecule has 1 aliphatic heterocycles. The number of amides is 3. The Morgan fingerprint density at radius 2 is 1.77 bits per heavy atom. The number of carbonyl (C=O) groups excluding carboxylic acids is 5. The van der Waals surface area contributed by atoms with Gasteiger partial charge in [-0.2, -0.15) is 0 Å². The van der Waals surface area contributed by atoms with E-state index in [0.29, 0.717) is 25.7 Å². The van der Waals surface area contributed by atoms with E-state index < -0.39 is 152 Å². The first-order valence-electron chi connectivity index (χ1n) is 21.6. The number of allylic oxidation sites excluding steroid dienone is 4. The highest BCUT2D eigenvalue weighted by Crippen LogP contribution is 2.73. The molecule has 1 heterocycles. The number of halogens is 4. The molecule has 0 aromatic heterocycles. The summed E-state index contributed by atoms with van der Waals surface area (Å²) in [5, 5.41) is 28.6. The lowest BCUT2D eigenvalue weighted by atomic mass is 9.44. The number of hydrogen-bond donors (Lipinski definition) is 7. The van der Waals surface area contributed by atoms with E-state index in [4.69, 9.17) is 19.3 Å². The number of carbonyl (C=O) groups is 6. The largest absolute Gasteiger partial charge is 0.490 e. The van der Waals surface area contributed by atoms with Crippen LogP contribution in [0.2, 0.25) is 0 Å². The van der Waals surface area contributed by atoms with Crippen LogP contribution < -0.4 is 20.7 Å². The Hall–Kier alpha value is -4.02. The fourth-order valence-corrected chi connectivity index (χ4v) is 11.9. The van der Waals surface area contributed by atoms with Crippen LogP contribution in [-0.4, -0.2) is 122 Å². The van der Waals surface area contributed by atoms with E-state index in [9.17, 15) is 48.2 Å². The lowest BCUT2D eigenvalue weighted by Crippen LogP contribution is -2.70. The van der Waals surface area contributed by atoms with Gasteiger partial charge in [-0.25, -0.2) is 17.7 Å². The van der Waals surface area contributed by atoms with Crippen LogP contribution in [0.4, 0.5) is 13.2 Å². The predicted octanol–water partition coefficient (Wildman–Crippen LogP) is 3.25. The summed E-state index contributed by atoms with van der Waals surface area (Å²) < 4.78 is 85.2. The topological polar surface area (TPSA) is 273 Å². The number of benzene rings is 1. The van der Waals surface area contributed by atoms with Crippen molar-refractivity contribution in [3.63, 3.8) is 0 Å². The normalized spacial score (nSPS) is 36.1. The van der Waals surface area contributed by atoms with Crippen LogP contribution in [0.25, 0.3) is 0 Å². The van der Waals surface area contributed by atoms with Crippen LogP contribution >= 0.6 is 23.8 Å². The number of rotatable bonds is 16. The van der Waals surface area contributed by atoms with Crippen molar-refractivity contribution in [2.75, 3.05) is 18.5 Å². The molecule has 0 bridgehead atoms. The Morgan fingerprint density at radius 3 is 2.42 bits per heavy atom. The van der Waals surface area contributed by atoms with Crippen molar-refractivity contribution in [1.29, 1.82) is 0 Å². The van der Waals surface area contributed by atoms with Gasteiger partial charge in [0.05, 0.1) is 30.2 Å². The number of carboxylic acid groups (broad SMARTS) is 1. The minimum atomic E-state index is -5.23. The maximum Gasteiger partial charge on any atom is 0.470 e. The molecule has 0 unspecified atom stereocenters. The molecule has 1 saturated heterocycles. The Labute approximate surface area is 385 Å². The molecule has 23 heteroatoms. The van der Waals surface area contributed by atoms with Gasteiger partial charge in [0.2, 0.25) is 17.7 Å². The summed E-state index contributed by atoms with van der Waals surface area (Å²) in [6.45, 7) is 1.34. The third kappa shape index (κ3) is 9.15. The highest BCUT2D eigenvalue weighted by Gasteiger charge is 2.80. The molecule has 1 aromatic rings. The molecule has 7 N–H and O–H groups in total. The first-order valence-corrected chi connectivity index (χ1v) is 24.2. The summed E-state index contributed by atoms with van der Waals surface area (Å²) in [5.41, 5.74) is -8.32. The molecule has 0 spiro atoms. The molecule has 4 saturated carbocycles. The van der Waals surface area contributed by atoms with E-state index >= 15 is 13.2 Å². The summed E-state index contributed by atoms with van der Waals surface area (Å²) in [4.78, 5) is 93.8. The number of aliphatic carboxylic acids is 1. The number of aliphatic hydroxyl groups is 1. The summed E-state index contributed by atoms with van der Waals surface area (Å²) in [6.07, 6.45) is -3.54. The van der Waals surface area contributed by atoms with E-state index in [2.05, 4.69) is 36.4 Å². The minimum Gasteiger partial charge on any atom is -0.490 e. The van der Waals surface area contributed by atoms with E-state index in [1.165, 1.54) is 32.1 Å². The van der Waals surface area contributed by atoms with Crippen LogP contribution in [0.5, 0.6) is 5.75 Å². The van der Waals surface area contributed by atoms with E-state index in [1.807, 2.05) is 0 Å². The summed E-state index contributed by atoms with van der Waals surface area (Å²) in [5.74, 6) is -7.39. The highest BCUT2D eigenvalue weighted by atomic mass is 79.9. The monoisotopic (exact) mass is 1020 g/mol. The first kappa shape index (κ1) is 49.9. The Kier molecular flexibility index (Phi) is 14.2. The average Bonchev–Trinajstić information content (AvgIpc) is 3.75. The maximum absolute atomic E-state index is 17.8. The van der Waals surface area contributed by atoms with Crippen molar-refractivity contribution >= 4 is 59.0 Å². The number of phosphoric acid groups is 1. The summed E-state index contributed by atoms with van der Waals surface area (Å²) in [7, 11) is -5.23. The molecule has 362 valence electrons. The number of ether oxygens (including phenoxy) is 3.